The number of para-hydroxylation sites is 1. The molecule has 0 saturated carbocycles. The van der Waals surface area contributed by atoms with Gasteiger partial charge in [0.1, 0.15) is 0 Å². The van der Waals surface area contributed by atoms with Gasteiger partial charge < -0.3 is 9.47 Å². The van der Waals surface area contributed by atoms with Crippen molar-refractivity contribution in [2.45, 2.75) is 19.7 Å². The Hall–Kier alpha value is -3.69. The number of halogens is 5. The van der Waals surface area contributed by atoms with Gasteiger partial charge in [0.25, 0.3) is 0 Å². The number of rotatable bonds is 5. The van der Waals surface area contributed by atoms with E-state index in [4.69, 9.17) is 4.74 Å². The highest BCUT2D eigenvalue weighted by molar-refractivity contribution is 5.87. The van der Waals surface area contributed by atoms with Crippen LogP contribution in [-0.2, 0) is 6.18 Å². The third-order valence-corrected chi connectivity index (χ3v) is 4.79. The Morgan fingerprint density at radius 1 is 0.969 bits per heavy atom. The Bertz CT molecular complexity index is 1270. The van der Waals surface area contributed by atoms with Crippen LogP contribution < -0.4 is 9.47 Å². The topological polar surface area (TPSA) is 49.2 Å². The number of nitrogens with zero attached hydrogens (tertiary/aromatic N) is 3. The number of hydrogen-bond donors (Lipinski definition) is 0. The maximum atomic E-state index is 14.0. The molecule has 0 N–H and O–H groups in total. The zero-order valence-electron chi connectivity index (χ0n) is 16.8. The number of benzene rings is 2. The molecule has 0 aliphatic heterocycles. The standard InChI is InChI=1S/C22H16F5N3O2/c1-12-19-15(22(25,26)27)11-16(13-8-9-17(32-21(23)24)18(10-13)31-2)28-20(19)30(29-12)14-6-4-3-5-7-14/h3-11,21H,1-2H3. The summed E-state index contributed by atoms with van der Waals surface area (Å²) in [6, 6.07) is 13.4. The van der Waals surface area contributed by atoms with Crippen molar-refractivity contribution in [1.29, 1.82) is 0 Å². The Morgan fingerprint density at radius 3 is 2.31 bits per heavy atom. The van der Waals surface area contributed by atoms with E-state index in [0.29, 0.717) is 5.69 Å². The van der Waals surface area contributed by atoms with Crippen LogP contribution in [-0.4, -0.2) is 28.5 Å². The van der Waals surface area contributed by atoms with Gasteiger partial charge in [-0.2, -0.15) is 27.1 Å². The number of pyridine rings is 1. The minimum atomic E-state index is -4.67. The molecular formula is C22H16F5N3O2. The van der Waals surface area contributed by atoms with Gasteiger partial charge in [-0.1, -0.05) is 18.2 Å². The summed E-state index contributed by atoms with van der Waals surface area (Å²) in [6.45, 7) is -1.60. The molecule has 32 heavy (non-hydrogen) atoms. The van der Waals surface area contributed by atoms with Crippen molar-refractivity contribution in [1.82, 2.24) is 14.8 Å². The van der Waals surface area contributed by atoms with Crippen LogP contribution in [0, 0.1) is 6.92 Å². The number of ether oxygens (including phenoxy) is 2. The van der Waals surface area contributed by atoms with Gasteiger partial charge in [-0.15, -0.1) is 0 Å². The molecule has 0 saturated heterocycles. The molecule has 0 aliphatic rings. The lowest BCUT2D eigenvalue weighted by Crippen LogP contribution is -2.08. The number of alkyl halides is 5. The average Bonchev–Trinajstić information content (AvgIpc) is 3.09. The van der Waals surface area contributed by atoms with Crippen LogP contribution in [0.15, 0.2) is 54.6 Å². The lowest BCUT2D eigenvalue weighted by molar-refractivity contribution is -0.136. The maximum absolute atomic E-state index is 14.0. The Morgan fingerprint density at radius 2 is 1.69 bits per heavy atom. The highest BCUT2D eigenvalue weighted by atomic mass is 19.4. The zero-order chi connectivity index (χ0) is 23.0. The maximum Gasteiger partial charge on any atom is 0.417 e. The SMILES string of the molecule is COc1cc(-c2cc(C(F)(F)F)c3c(C)nn(-c4ccccc4)c3n2)ccc1OC(F)F. The van der Waals surface area contributed by atoms with E-state index >= 15 is 0 Å². The first-order chi connectivity index (χ1) is 15.2. The first-order valence-corrected chi connectivity index (χ1v) is 9.35. The molecule has 0 bridgehead atoms. The van der Waals surface area contributed by atoms with E-state index in [0.717, 1.165) is 6.07 Å². The van der Waals surface area contributed by atoms with Crippen LogP contribution in [0.3, 0.4) is 0 Å². The predicted octanol–water partition coefficient (Wildman–Crippen LogP) is 6.02. The number of aryl methyl sites for hydroxylation is 1. The molecule has 2 heterocycles. The van der Waals surface area contributed by atoms with Crippen molar-refractivity contribution in [3.63, 3.8) is 0 Å². The molecule has 166 valence electrons. The first kappa shape index (κ1) is 21.5. The van der Waals surface area contributed by atoms with Crippen LogP contribution in [0.25, 0.3) is 28.0 Å². The molecule has 4 aromatic rings. The quantitative estimate of drug-likeness (QED) is 0.350. The monoisotopic (exact) mass is 449 g/mol. The molecule has 0 fully saturated rings. The lowest BCUT2D eigenvalue weighted by Gasteiger charge is -2.14. The van der Waals surface area contributed by atoms with E-state index in [1.54, 1.807) is 30.3 Å². The molecule has 0 atom stereocenters. The number of fused-ring (bicyclic) bond motifs is 1. The van der Waals surface area contributed by atoms with Gasteiger partial charge in [0, 0.05) is 5.56 Å². The van der Waals surface area contributed by atoms with Gasteiger partial charge in [-0.05, 0) is 43.3 Å². The summed E-state index contributed by atoms with van der Waals surface area (Å²) in [5.74, 6) is -0.306. The van der Waals surface area contributed by atoms with Gasteiger partial charge in [-0.3, -0.25) is 0 Å². The largest absolute Gasteiger partial charge is 0.493 e. The normalized spacial score (nSPS) is 11.9. The van der Waals surface area contributed by atoms with E-state index in [9.17, 15) is 22.0 Å². The van der Waals surface area contributed by atoms with Gasteiger partial charge in [0.15, 0.2) is 17.1 Å². The van der Waals surface area contributed by atoms with E-state index in [1.165, 1.54) is 36.9 Å². The van der Waals surface area contributed by atoms with E-state index in [-0.39, 0.29) is 39.5 Å². The summed E-state index contributed by atoms with van der Waals surface area (Å²) >= 11 is 0. The van der Waals surface area contributed by atoms with Crippen molar-refractivity contribution < 1.29 is 31.4 Å². The average molecular weight is 449 g/mol. The summed E-state index contributed by atoms with van der Waals surface area (Å²) < 4.78 is 77.9. The van der Waals surface area contributed by atoms with Crippen molar-refractivity contribution >= 4 is 11.0 Å². The second kappa shape index (κ2) is 8.10. The summed E-state index contributed by atoms with van der Waals surface area (Å²) in [6.07, 6.45) is -4.67. The van der Waals surface area contributed by atoms with Crippen molar-refractivity contribution in [3.8, 4) is 28.4 Å². The van der Waals surface area contributed by atoms with Gasteiger partial charge >= 0.3 is 12.8 Å². The Labute approximate surface area is 179 Å². The summed E-state index contributed by atoms with van der Waals surface area (Å²) in [7, 11) is 1.24. The van der Waals surface area contributed by atoms with Crippen molar-refractivity contribution in [2.75, 3.05) is 7.11 Å². The number of hydrogen-bond acceptors (Lipinski definition) is 4. The van der Waals surface area contributed by atoms with E-state index < -0.39 is 18.4 Å². The summed E-state index contributed by atoms with van der Waals surface area (Å²) in [5.41, 5.74) is 0.0442. The third kappa shape index (κ3) is 3.95. The molecular weight excluding hydrogens is 433 g/mol. The minimum absolute atomic E-state index is 0.0189. The van der Waals surface area contributed by atoms with Crippen LogP contribution >= 0.6 is 0 Å². The zero-order valence-corrected chi connectivity index (χ0v) is 16.8. The smallest absolute Gasteiger partial charge is 0.417 e. The van der Waals surface area contributed by atoms with Crippen LogP contribution in [0.2, 0.25) is 0 Å². The predicted molar refractivity (Wildman–Crippen MR) is 107 cm³/mol. The second-order valence-corrected chi connectivity index (χ2v) is 6.83. The highest BCUT2D eigenvalue weighted by Gasteiger charge is 2.36. The van der Waals surface area contributed by atoms with Gasteiger partial charge in [-0.25, -0.2) is 9.67 Å². The highest BCUT2D eigenvalue weighted by Crippen LogP contribution is 2.40. The van der Waals surface area contributed by atoms with Gasteiger partial charge in [0.2, 0.25) is 0 Å². The fourth-order valence-corrected chi connectivity index (χ4v) is 3.43. The fraction of sp³-hybridized carbons (Fsp3) is 0.182. The van der Waals surface area contributed by atoms with Crippen molar-refractivity contribution in [3.05, 3.63) is 65.9 Å². The third-order valence-electron chi connectivity index (χ3n) is 4.79. The molecule has 4 rings (SSSR count). The fourth-order valence-electron chi connectivity index (χ4n) is 3.43. The van der Waals surface area contributed by atoms with Crippen LogP contribution in [0.1, 0.15) is 11.3 Å². The molecule has 2 aromatic carbocycles. The van der Waals surface area contributed by atoms with Crippen molar-refractivity contribution in [2.24, 2.45) is 0 Å². The molecule has 5 nitrogen and oxygen atoms in total. The van der Waals surface area contributed by atoms with E-state index in [2.05, 4.69) is 14.8 Å². The Balaban J connectivity index is 1.97. The number of aromatic nitrogens is 3. The lowest BCUT2D eigenvalue weighted by atomic mass is 10.0. The molecule has 10 heteroatoms. The molecule has 0 spiro atoms. The summed E-state index contributed by atoms with van der Waals surface area (Å²) in [4.78, 5) is 4.44. The summed E-state index contributed by atoms with van der Waals surface area (Å²) in [5, 5.41) is 4.16. The minimum Gasteiger partial charge on any atom is -0.493 e. The molecule has 0 radical (unpaired) electrons. The molecule has 2 aromatic heterocycles. The molecule has 0 amide bonds. The van der Waals surface area contributed by atoms with Crippen LogP contribution in [0.5, 0.6) is 11.5 Å². The second-order valence-electron chi connectivity index (χ2n) is 6.83. The number of methoxy groups -OCH3 is 1. The first-order valence-electron chi connectivity index (χ1n) is 9.35. The Kier molecular flexibility index (Phi) is 5.45. The van der Waals surface area contributed by atoms with Gasteiger partial charge in [0.05, 0.1) is 35.1 Å². The molecule has 0 aliphatic carbocycles. The molecule has 0 unspecified atom stereocenters. The van der Waals surface area contributed by atoms with Crippen LogP contribution in [0.4, 0.5) is 22.0 Å². The van der Waals surface area contributed by atoms with E-state index in [1.807, 2.05) is 0 Å².